The van der Waals surface area contributed by atoms with E-state index in [0.717, 1.165) is 12.0 Å². The summed E-state index contributed by atoms with van der Waals surface area (Å²) in [6, 6.07) is 7.62. The Morgan fingerprint density at radius 3 is 2.15 bits per heavy atom. The van der Waals surface area contributed by atoms with E-state index in [0.29, 0.717) is 61.9 Å². The highest BCUT2D eigenvalue weighted by atomic mass is 16.5. The van der Waals surface area contributed by atoms with Crippen molar-refractivity contribution >= 4 is 29.0 Å². The van der Waals surface area contributed by atoms with Gasteiger partial charge < -0.3 is 35.9 Å². The minimum atomic E-state index is -0.0109. The molecule has 0 aliphatic heterocycles. The molecule has 0 amide bonds. The molecule has 0 radical (unpaired) electrons. The molecule has 0 aliphatic rings. The van der Waals surface area contributed by atoms with Gasteiger partial charge in [0, 0.05) is 53.1 Å². The highest BCUT2D eigenvalue weighted by Gasteiger charge is 2.18. The average Bonchev–Trinajstić information content (AvgIpc) is 2.82. The van der Waals surface area contributed by atoms with Gasteiger partial charge in [-0.2, -0.15) is 15.1 Å². The number of nitrogens with zero attached hydrogens (tertiary/aromatic N) is 4. The number of benzene rings is 1. The zero-order valence-electron chi connectivity index (χ0n) is 20.8. The van der Waals surface area contributed by atoms with Gasteiger partial charge >= 0.3 is 0 Å². The van der Waals surface area contributed by atoms with Crippen LogP contribution in [0.5, 0.6) is 0 Å². The van der Waals surface area contributed by atoms with Gasteiger partial charge in [0.05, 0.1) is 18.9 Å². The molecule has 0 saturated carbocycles. The van der Waals surface area contributed by atoms with E-state index in [-0.39, 0.29) is 12.1 Å². The van der Waals surface area contributed by atoms with Gasteiger partial charge in [-0.15, -0.1) is 5.11 Å². The summed E-state index contributed by atoms with van der Waals surface area (Å²) in [4.78, 5) is 9.36. The molecule has 1 aromatic carbocycles. The van der Waals surface area contributed by atoms with Gasteiger partial charge in [0.1, 0.15) is 0 Å². The van der Waals surface area contributed by atoms with Crippen LogP contribution in [0.4, 0.5) is 29.0 Å². The van der Waals surface area contributed by atoms with E-state index in [9.17, 15) is 0 Å². The number of hydrogen-bond donors (Lipinski definition) is 4. The van der Waals surface area contributed by atoms with Gasteiger partial charge in [-0.05, 0) is 38.0 Å². The number of ether oxygens (including phenoxy) is 3. The first-order valence-corrected chi connectivity index (χ1v) is 11.4. The van der Waals surface area contributed by atoms with E-state index >= 15 is 0 Å². The van der Waals surface area contributed by atoms with Crippen LogP contribution >= 0.6 is 0 Å². The molecule has 11 nitrogen and oxygen atoms in total. The normalized spacial score (nSPS) is 13.1. The molecule has 34 heavy (non-hydrogen) atoms. The van der Waals surface area contributed by atoms with Crippen LogP contribution < -0.4 is 21.7 Å². The zero-order valence-corrected chi connectivity index (χ0v) is 20.8. The maximum atomic E-state index is 5.69. The molecule has 0 aliphatic carbocycles. The van der Waals surface area contributed by atoms with Gasteiger partial charge in [-0.3, -0.25) is 0 Å². The van der Waals surface area contributed by atoms with Crippen LogP contribution in [0.25, 0.3) is 0 Å². The SMILES string of the molecule is COCCCNc1nc(NC(C)COC)nc(NC(C)COC)c1N=Nc1ccc(CN)cc1. The molecular weight excluding hydrogens is 436 g/mol. The summed E-state index contributed by atoms with van der Waals surface area (Å²) in [5, 5.41) is 18.9. The molecule has 0 bridgehead atoms. The Balaban J connectivity index is 2.44. The van der Waals surface area contributed by atoms with Crippen LogP contribution in [0.3, 0.4) is 0 Å². The molecule has 188 valence electrons. The second-order valence-corrected chi connectivity index (χ2v) is 7.94. The van der Waals surface area contributed by atoms with E-state index in [1.807, 2.05) is 38.1 Å². The summed E-state index contributed by atoms with van der Waals surface area (Å²) in [6.07, 6.45) is 0.809. The van der Waals surface area contributed by atoms with Crippen molar-refractivity contribution in [1.82, 2.24) is 9.97 Å². The second kappa shape index (κ2) is 15.1. The zero-order chi connectivity index (χ0) is 24.8. The molecule has 11 heteroatoms. The molecule has 0 fully saturated rings. The first kappa shape index (κ1) is 27.4. The summed E-state index contributed by atoms with van der Waals surface area (Å²) < 4.78 is 15.7. The molecule has 0 spiro atoms. The Morgan fingerprint density at radius 1 is 0.882 bits per heavy atom. The van der Waals surface area contributed by atoms with Gasteiger partial charge in [0.25, 0.3) is 0 Å². The third-order valence-corrected chi connectivity index (χ3v) is 4.73. The number of azo groups is 1. The highest BCUT2D eigenvalue weighted by molar-refractivity contribution is 5.75. The third kappa shape index (κ3) is 9.18. The van der Waals surface area contributed by atoms with Crippen molar-refractivity contribution in [3.63, 3.8) is 0 Å². The van der Waals surface area contributed by atoms with Gasteiger partial charge in [-0.1, -0.05) is 12.1 Å². The van der Waals surface area contributed by atoms with Crippen molar-refractivity contribution < 1.29 is 14.2 Å². The Labute approximate surface area is 201 Å². The Bertz CT molecular complexity index is 879. The minimum absolute atomic E-state index is 0.0109. The summed E-state index contributed by atoms with van der Waals surface area (Å²) in [5.41, 5.74) is 7.93. The number of anilines is 3. The first-order chi connectivity index (χ1) is 16.5. The predicted molar refractivity (Wildman–Crippen MR) is 135 cm³/mol. The summed E-state index contributed by atoms with van der Waals surface area (Å²) >= 11 is 0. The fraction of sp³-hybridized carbons (Fsp3) is 0.565. The lowest BCUT2D eigenvalue weighted by atomic mass is 10.2. The van der Waals surface area contributed by atoms with E-state index in [2.05, 4.69) is 36.1 Å². The number of nitrogens with two attached hydrogens (primary N) is 1. The summed E-state index contributed by atoms with van der Waals surface area (Å²) in [5.74, 6) is 1.56. The molecule has 1 aromatic heterocycles. The molecule has 1 heterocycles. The Morgan fingerprint density at radius 2 is 1.53 bits per heavy atom. The highest BCUT2D eigenvalue weighted by Crippen LogP contribution is 2.34. The molecular formula is C23H38N8O3. The minimum Gasteiger partial charge on any atom is -0.385 e. The second-order valence-electron chi connectivity index (χ2n) is 7.94. The third-order valence-electron chi connectivity index (χ3n) is 4.73. The Kier molecular flexibility index (Phi) is 12.2. The lowest BCUT2D eigenvalue weighted by Gasteiger charge is -2.19. The van der Waals surface area contributed by atoms with Crippen LogP contribution in [-0.2, 0) is 20.8 Å². The molecule has 5 N–H and O–H groups in total. The van der Waals surface area contributed by atoms with Gasteiger partial charge in [0.2, 0.25) is 5.95 Å². The average molecular weight is 475 g/mol. The summed E-state index contributed by atoms with van der Waals surface area (Å²) in [6.45, 7) is 6.78. The smallest absolute Gasteiger partial charge is 0.227 e. The molecule has 2 rings (SSSR count). The number of hydrogen-bond acceptors (Lipinski definition) is 11. The topological polar surface area (TPSA) is 140 Å². The largest absolute Gasteiger partial charge is 0.385 e. The maximum Gasteiger partial charge on any atom is 0.227 e. The van der Waals surface area contributed by atoms with Crippen LogP contribution in [0.2, 0.25) is 0 Å². The van der Waals surface area contributed by atoms with Crippen molar-refractivity contribution in [3.05, 3.63) is 29.8 Å². The lowest BCUT2D eigenvalue weighted by molar-refractivity contribution is 0.190. The van der Waals surface area contributed by atoms with Crippen molar-refractivity contribution in [2.24, 2.45) is 16.0 Å². The van der Waals surface area contributed by atoms with Crippen molar-refractivity contribution in [2.45, 2.75) is 38.9 Å². The van der Waals surface area contributed by atoms with E-state index in [1.165, 1.54) is 0 Å². The summed E-state index contributed by atoms with van der Waals surface area (Å²) in [7, 11) is 5.00. The molecule has 2 unspecified atom stereocenters. The standard InChI is InChI=1S/C23H38N8O3/c1-16(14-33-4)26-22-20(31-30-19-9-7-18(13-24)8-10-19)21(25-11-6-12-32-3)28-23(29-22)27-17(2)15-34-5/h7-10,16-17H,6,11-15,24H2,1-5H3,(H3,25,26,27,28,29). The molecule has 2 aromatic rings. The van der Waals surface area contributed by atoms with E-state index < -0.39 is 0 Å². The number of methoxy groups -OCH3 is 3. The maximum absolute atomic E-state index is 5.69. The monoisotopic (exact) mass is 474 g/mol. The fourth-order valence-electron chi connectivity index (χ4n) is 3.10. The predicted octanol–water partition coefficient (Wildman–Crippen LogP) is 3.69. The van der Waals surface area contributed by atoms with Crippen LogP contribution in [0, 0.1) is 0 Å². The number of aromatic nitrogens is 2. The van der Waals surface area contributed by atoms with Crippen LogP contribution in [0.1, 0.15) is 25.8 Å². The van der Waals surface area contributed by atoms with E-state index in [1.54, 1.807) is 21.3 Å². The van der Waals surface area contributed by atoms with Crippen molar-refractivity contribution in [1.29, 1.82) is 0 Å². The van der Waals surface area contributed by atoms with Gasteiger partial charge in [-0.25, -0.2) is 0 Å². The molecule has 0 saturated heterocycles. The fourth-order valence-corrected chi connectivity index (χ4v) is 3.10. The Hall–Kier alpha value is -2.86. The van der Waals surface area contributed by atoms with Crippen LogP contribution in [0.15, 0.2) is 34.5 Å². The van der Waals surface area contributed by atoms with Crippen molar-refractivity contribution in [2.75, 3.05) is 63.6 Å². The quantitative estimate of drug-likeness (QED) is 0.212. The van der Waals surface area contributed by atoms with Crippen LogP contribution in [-0.4, -0.2) is 69.7 Å². The van der Waals surface area contributed by atoms with E-state index in [4.69, 9.17) is 19.9 Å². The van der Waals surface area contributed by atoms with Crippen molar-refractivity contribution in [3.8, 4) is 0 Å². The number of rotatable bonds is 16. The van der Waals surface area contributed by atoms with Gasteiger partial charge in [0.15, 0.2) is 17.3 Å². The number of nitrogens with one attached hydrogen (secondary N) is 3. The molecule has 2 atom stereocenters. The first-order valence-electron chi connectivity index (χ1n) is 11.4. The lowest BCUT2D eigenvalue weighted by Crippen LogP contribution is -2.25.